The molecule has 0 saturated heterocycles. The van der Waals surface area contributed by atoms with Gasteiger partial charge in [-0.2, -0.15) is 0 Å². The Morgan fingerprint density at radius 3 is 2.60 bits per heavy atom. The third kappa shape index (κ3) is 5.13. The molecular weight excluding hydrogens is 344 g/mol. The van der Waals surface area contributed by atoms with Crippen LogP contribution in [-0.2, 0) is 11.2 Å². The van der Waals surface area contributed by atoms with Crippen molar-refractivity contribution in [2.24, 2.45) is 0 Å². The van der Waals surface area contributed by atoms with E-state index in [9.17, 15) is 4.79 Å². The zero-order chi connectivity index (χ0) is 11.3. The van der Waals surface area contributed by atoms with Gasteiger partial charge in [-0.1, -0.05) is 6.42 Å². The van der Waals surface area contributed by atoms with Gasteiger partial charge in [0.1, 0.15) is 0 Å². The Morgan fingerprint density at radius 1 is 1.33 bits per heavy atom. The summed E-state index contributed by atoms with van der Waals surface area (Å²) in [6, 6.07) is 2.12. The zero-order valence-electron chi connectivity index (χ0n) is 8.13. The number of halogens is 2. The first-order chi connectivity index (χ1) is 7.09. The molecule has 1 heterocycles. The lowest BCUT2D eigenvalue weighted by atomic mass is 10.1. The molecule has 84 valence electrons. The van der Waals surface area contributed by atoms with Crippen LogP contribution in [0.5, 0.6) is 0 Å². The van der Waals surface area contributed by atoms with Crippen LogP contribution in [-0.4, -0.2) is 11.1 Å². The van der Waals surface area contributed by atoms with Crippen LogP contribution >= 0.6 is 43.2 Å². The molecular formula is C10H12Br2O2S. The Labute approximate surface area is 110 Å². The quantitative estimate of drug-likeness (QED) is 0.765. The van der Waals surface area contributed by atoms with Crippen LogP contribution in [0.3, 0.4) is 0 Å². The fraction of sp³-hybridized carbons (Fsp3) is 0.500. The predicted octanol–water partition coefficient (Wildman–Crippen LogP) is 4.46. The van der Waals surface area contributed by atoms with Crippen molar-refractivity contribution in [1.82, 2.24) is 0 Å². The average molecular weight is 356 g/mol. The topological polar surface area (TPSA) is 37.3 Å². The molecule has 5 heteroatoms. The smallest absolute Gasteiger partial charge is 0.303 e. The second-order valence-corrected chi connectivity index (χ2v) is 7.05. The Hall–Kier alpha value is 0.130. The number of carbonyl (C=O) groups is 1. The molecule has 0 fully saturated rings. The van der Waals surface area contributed by atoms with Gasteiger partial charge in [-0.3, -0.25) is 4.79 Å². The molecule has 0 amide bonds. The van der Waals surface area contributed by atoms with Crippen LogP contribution in [0.15, 0.2) is 13.6 Å². The minimum absolute atomic E-state index is 0.286. The minimum atomic E-state index is -0.700. The molecule has 1 aromatic rings. The number of aliphatic carboxylic acids is 1. The molecule has 0 aromatic carbocycles. The Morgan fingerprint density at radius 2 is 2.07 bits per heavy atom. The monoisotopic (exact) mass is 354 g/mol. The van der Waals surface area contributed by atoms with Crippen molar-refractivity contribution in [2.45, 2.75) is 32.1 Å². The molecule has 0 saturated carbocycles. The van der Waals surface area contributed by atoms with Gasteiger partial charge >= 0.3 is 5.97 Å². The summed E-state index contributed by atoms with van der Waals surface area (Å²) in [4.78, 5) is 10.3. The van der Waals surface area contributed by atoms with Gasteiger partial charge in [0.05, 0.1) is 7.57 Å². The number of unbranched alkanes of at least 4 members (excludes halogenated alkanes) is 2. The average Bonchev–Trinajstić information content (AvgIpc) is 2.44. The maximum atomic E-state index is 10.3. The normalized spacial score (nSPS) is 10.5. The van der Waals surface area contributed by atoms with Crippen molar-refractivity contribution < 1.29 is 9.90 Å². The van der Waals surface area contributed by atoms with E-state index in [0.29, 0.717) is 0 Å². The summed E-state index contributed by atoms with van der Waals surface area (Å²) in [5.74, 6) is -0.700. The maximum Gasteiger partial charge on any atom is 0.303 e. The van der Waals surface area contributed by atoms with Gasteiger partial charge in [-0.05, 0) is 62.8 Å². The molecule has 0 bridgehead atoms. The fourth-order valence-electron chi connectivity index (χ4n) is 1.31. The molecule has 0 aliphatic carbocycles. The number of aryl methyl sites for hydroxylation is 1. The third-order valence-electron chi connectivity index (χ3n) is 2.06. The lowest BCUT2D eigenvalue weighted by molar-refractivity contribution is -0.137. The molecule has 15 heavy (non-hydrogen) atoms. The number of carboxylic acid groups (broad SMARTS) is 1. The highest BCUT2D eigenvalue weighted by Gasteiger charge is 2.04. The van der Waals surface area contributed by atoms with E-state index in [4.69, 9.17) is 5.11 Å². The lowest BCUT2D eigenvalue weighted by Crippen LogP contribution is -1.94. The van der Waals surface area contributed by atoms with Crippen molar-refractivity contribution in [1.29, 1.82) is 0 Å². The van der Waals surface area contributed by atoms with Crippen LogP contribution < -0.4 is 0 Å². The van der Waals surface area contributed by atoms with Gasteiger partial charge < -0.3 is 5.11 Å². The van der Waals surface area contributed by atoms with E-state index >= 15 is 0 Å². The van der Waals surface area contributed by atoms with Gasteiger partial charge in [-0.25, -0.2) is 0 Å². The van der Waals surface area contributed by atoms with Crippen LogP contribution in [0.1, 0.15) is 31.2 Å². The first kappa shape index (κ1) is 13.2. The maximum absolute atomic E-state index is 10.3. The van der Waals surface area contributed by atoms with Gasteiger partial charge in [0.15, 0.2) is 0 Å². The Bertz CT molecular complexity index is 336. The van der Waals surface area contributed by atoms with Crippen LogP contribution in [0.25, 0.3) is 0 Å². The second-order valence-electron chi connectivity index (χ2n) is 3.30. The highest BCUT2D eigenvalue weighted by atomic mass is 79.9. The van der Waals surface area contributed by atoms with E-state index in [1.165, 1.54) is 9.35 Å². The number of thiophene rings is 1. The standard InChI is InChI=1S/C10H12Br2O2S/c11-8-6-7(10(12)15-8)4-2-1-3-5-9(13)14/h6H,1-5H2,(H,13,14). The molecule has 1 N–H and O–H groups in total. The van der Waals surface area contributed by atoms with E-state index in [2.05, 4.69) is 37.9 Å². The van der Waals surface area contributed by atoms with Gasteiger partial charge in [0.25, 0.3) is 0 Å². The van der Waals surface area contributed by atoms with Crippen LogP contribution in [0.2, 0.25) is 0 Å². The van der Waals surface area contributed by atoms with Crippen molar-refractivity contribution >= 4 is 49.2 Å². The fourth-order valence-corrected chi connectivity index (χ4v) is 4.23. The number of rotatable bonds is 6. The zero-order valence-corrected chi connectivity index (χ0v) is 12.1. The first-order valence-electron chi connectivity index (χ1n) is 4.75. The van der Waals surface area contributed by atoms with Gasteiger partial charge in [0.2, 0.25) is 0 Å². The predicted molar refractivity (Wildman–Crippen MR) is 69.5 cm³/mol. The number of hydrogen-bond donors (Lipinski definition) is 1. The summed E-state index contributed by atoms with van der Waals surface area (Å²) >= 11 is 8.62. The second kappa shape index (κ2) is 6.66. The lowest BCUT2D eigenvalue weighted by Gasteiger charge is -1.98. The van der Waals surface area contributed by atoms with E-state index in [-0.39, 0.29) is 6.42 Å². The van der Waals surface area contributed by atoms with Crippen molar-refractivity contribution in [3.8, 4) is 0 Å². The molecule has 0 spiro atoms. The van der Waals surface area contributed by atoms with Gasteiger partial charge in [-0.15, -0.1) is 11.3 Å². The number of hydrogen-bond acceptors (Lipinski definition) is 2. The molecule has 1 aromatic heterocycles. The summed E-state index contributed by atoms with van der Waals surface area (Å²) in [6.07, 6.45) is 4.11. The molecule has 1 rings (SSSR count). The summed E-state index contributed by atoms with van der Waals surface area (Å²) in [5, 5.41) is 8.47. The highest BCUT2D eigenvalue weighted by molar-refractivity contribution is 9.12. The Kier molecular flexibility index (Phi) is 5.86. The molecule has 2 nitrogen and oxygen atoms in total. The molecule has 0 aliphatic heterocycles. The summed E-state index contributed by atoms with van der Waals surface area (Å²) in [6.45, 7) is 0. The Balaban J connectivity index is 2.20. The van der Waals surface area contributed by atoms with E-state index in [1.54, 1.807) is 11.3 Å². The summed E-state index contributed by atoms with van der Waals surface area (Å²) < 4.78 is 2.31. The van der Waals surface area contributed by atoms with Crippen molar-refractivity contribution in [3.63, 3.8) is 0 Å². The van der Waals surface area contributed by atoms with Crippen LogP contribution in [0, 0.1) is 0 Å². The van der Waals surface area contributed by atoms with Gasteiger partial charge in [0, 0.05) is 6.42 Å². The van der Waals surface area contributed by atoms with Crippen LogP contribution in [0.4, 0.5) is 0 Å². The van der Waals surface area contributed by atoms with E-state index in [0.717, 1.165) is 29.5 Å². The number of carboxylic acids is 1. The molecule has 0 aliphatic rings. The molecule has 0 unspecified atom stereocenters. The van der Waals surface area contributed by atoms with E-state index < -0.39 is 5.97 Å². The largest absolute Gasteiger partial charge is 0.481 e. The van der Waals surface area contributed by atoms with E-state index in [1.807, 2.05) is 0 Å². The minimum Gasteiger partial charge on any atom is -0.481 e. The SMILES string of the molecule is O=C(O)CCCCCc1cc(Br)sc1Br. The first-order valence-corrected chi connectivity index (χ1v) is 7.15. The summed E-state index contributed by atoms with van der Waals surface area (Å²) in [7, 11) is 0. The molecule has 0 radical (unpaired) electrons. The molecule has 0 atom stereocenters. The highest BCUT2D eigenvalue weighted by Crippen LogP contribution is 2.32. The van der Waals surface area contributed by atoms with Crippen molar-refractivity contribution in [2.75, 3.05) is 0 Å². The third-order valence-corrected chi connectivity index (χ3v) is 4.53. The summed E-state index contributed by atoms with van der Waals surface area (Å²) in [5.41, 5.74) is 1.31. The van der Waals surface area contributed by atoms with Crippen molar-refractivity contribution in [3.05, 3.63) is 19.2 Å².